The van der Waals surface area contributed by atoms with Gasteiger partial charge in [-0.3, -0.25) is 9.59 Å². The molecule has 3 aromatic rings. The van der Waals surface area contributed by atoms with Crippen LogP contribution in [0.3, 0.4) is 0 Å². The molecule has 0 bridgehead atoms. The lowest BCUT2D eigenvalue weighted by molar-refractivity contribution is 0.0829. The van der Waals surface area contributed by atoms with Gasteiger partial charge in [0, 0.05) is 57.3 Å². The van der Waals surface area contributed by atoms with Crippen LogP contribution in [0.25, 0.3) is 10.9 Å². The van der Waals surface area contributed by atoms with Gasteiger partial charge in [-0.1, -0.05) is 6.07 Å². The summed E-state index contributed by atoms with van der Waals surface area (Å²) in [5.74, 6) is 2.11. The molecule has 2 aliphatic rings. The third kappa shape index (κ3) is 5.63. The first-order chi connectivity index (χ1) is 18.4. The zero-order valence-corrected chi connectivity index (χ0v) is 22.4. The van der Waals surface area contributed by atoms with E-state index in [1.807, 2.05) is 24.3 Å². The van der Waals surface area contributed by atoms with Crippen molar-refractivity contribution < 1.29 is 19.0 Å². The summed E-state index contributed by atoms with van der Waals surface area (Å²) in [6, 6.07) is 13.6. The van der Waals surface area contributed by atoms with E-state index in [4.69, 9.17) is 14.2 Å². The van der Waals surface area contributed by atoms with Gasteiger partial charge in [0.1, 0.15) is 19.0 Å². The highest BCUT2D eigenvalue weighted by atomic mass is 16.6. The van der Waals surface area contributed by atoms with Crippen molar-refractivity contribution in [2.24, 2.45) is 0 Å². The first-order valence-corrected chi connectivity index (χ1v) is 13.2. The van der Waals surface area contributed by atoms with E-state index in [0.717, 1.165) is 61.4 Å². The van der Waals surface area contributed by atoms with Crippen LogP contribution in [-0.2, 0) is 13.1 Å². The molecule has 0 aliphatic carbocycles. The maximum absolute atomic E-state index is 13.1. The molecule has 0 radical (unpaired) electrons. The maximum atomic E-state index is 13.1. The number of nitrogens with zero attached hydrogens (tertiary/aromatic N) is 3. The van der Waals surface area contributed by atoms with Crippen LogP contribution in [0.1, 0.15) is 28.8 Å². The Labute approximate surface area is 222 Å². The number of ether oxygens (including phenoxy) is 3. The summed E-state index contributed by atoms with van der Waals surface area (Å²) in [6.07, 6.45) is 2.09. The molecular formula is C29H36N4O5. The SMILES string of the molecule is COc1ccc2c(C(=O)N(C)C)cc(=O)n(CCN3CCC(NCc4ccc5c(c4)OCCO5)CC3)c2c1. The number of hydrogen-bond donors (Lipinski definition) is 1. The Bertz CT molecular complexity index is 1360. The highest BCUT2D eigenvalue weighted by molar-refractivity contribution is 6.06. The van der Waals surface area contributed by atoms with E-state index >= 15 is 0 Å². The van der Waals surface area contributed by atoms with Gasteiger partial charge >= 0.3 is 0 Å². The molecule has 3 heterocycles. The average Bonchev–Trinajstić information content (AvgIpc) is 2.95. The van der Waals surface area contributed by atoms with Gasteiger partial charge in [-0.25, -0.2) is 0 Å². The van der Waals surface area contributed by atoms with Crippen molar-refractivity contribution in [3.63, 3.8) is 0 Å². The molecule has 0 atom stereocenters. The molecule has 1 amide bonds. The van der Waals surface area contributed by atoms with E-state index in [-0.39, 0.29) is 11.5 Å². The van der Waals surface area contributed by atoms with Crippen LogP contribution in [-0.4, -0.2) is 80.4 Å². The highest BCUT2D eigenvalue weighted by Crippen LogP contribution is 2.31. The third-order valence-corrected chi connectivity index (χ3v) is 7.39. The van der Waals surface area contributed by atoms with Crippen LogP contribution in [0.4, 0.5) is 0 Å². The van der Waals surface area contributed by atoms with Crippen LogP contribution in [0.5, 0.6) is 17.2 Å². The summed E-state index contributed by atoms with van der Waals surface area (Å²) in [5.41, 5.74) is 2.15. The summed E-state index contributed by atoms with van der Waals surface area (Å²) in [4.78, 5) is 29.8. The fraction of sp³-hybridized carbons (Fsp3) is 0.448. The van der Waals surface area contributed by atoms with Gasteiger partial charge in [-0.2, -0.15) is 0 Å². The fourth-order valence-corrected chi connectivity index (χ4v) is 5.20. The number of piperidine rings is 1. The van der Waals surface area contributed by atoms with Gasteiger partial charge in [0.05, 0.1) is 18.2 Å². The van der Waals surface area contributed by atoms with E-state index in [0.29, 0.717) is 37.1 Å². The van der Waals surface area contributed by atoms with E-state index < -0.39 is 0 Å². The summed E-state index contributed by atoms with van der Waals surface area (Å²) in [7, 11) is 4.99. The zero-order valence-electron chi connectivity index (χ0n) is 22.4. The monoisotopic (exact) mass is 520 g/mol. The number of carbonyl (C=O) groups is 1. The Morgan fingerprint density at radius 2 is 1.79 bits per heavy atom. The highest BCUT2D eigenvalue weighted by Gasteiger charge is 2.21. The summed E-state index contributed by atoms with van der Waals surface area (Å²) >= 11 is 0. The predicted octanol–water partition coefficient (Wildman–Crippen LogP) is 2.74. The Kier molecular flexibility index (Phi) is 7.85. The number of pyridine rings is 1. The topological polar surface area (TPSA) is 85.3 Å². The summed E-state index contributed by atoms with van der Waals surface area (Å²) in [6.45, 7) is 5.23. The van der Waals surface area contributed by atoms with Gasteiger partial charge in [-0.05, 0) is 55.8 Å². The van der Waals surface area contributed by atoms with E-state index in [9.17, 15) is 9.59 Å². The lowest BCUT2D eigenvalue weighted by atomic mass is 10.0. The number of rotatable bonds is 8. The molecule has 1 saturated heterocycles. The number of carbonyl (C=O) groups excluding carboxylic acids is 1. The first kappa shape index (κ1) is 26.1. The van der Waals surface area contributed by atoms with Crippen molar-refractivity contribution in [1.82, 2.24) is 19.7 Å². The molecule has 2 aliphatic heterocycles. The summed E-state index contributed by atoms with van der Waals surface area (Å²) in [5, 5.41) is 4.44. The van der Waals surface area contributed by atoms with Crippen LogP contribution in [0, 0.1) is 0 Å². The zero-order chi connectivity index (χ0) is 26.6. The van der Waals surface area contributed by atoms with Crippen molar-refractivity contribution >= 4 is 16.8 Å². The van der Waals surface area contributed by atoms with E-state index in [2.05, 4.69) is 22.3 Å². The minimum Gasteiger partial charge on any atom is -0.497 e. The van der Waals surface area contributed by atoms with Crippen molar-refractivity contribution in [1.29, 1.82) is 0 Å². The number of amides is 1. The molecule has 1 aromatic heterocycles. The molecule has 0 unspecified atom stereocenters. The molecule has 5 rings (SSSR count). The van der Waals surface area contributed by atoms with Gasteiger partial charge in [0.25, 0.3) is 11.5 Å². The average molecular weight is 521 g/mol. The van der Waals surface area contributed by atoms with Gasteiger partial charge in [0.15, 0.2) is 11.5 Å². The van der Waals surface area contributed by atoms with Crippen LogP contribution < -0.4 is 25.1 Å². The number of hydrogen-bond acceptors (Lipinski definition) is 7. The molecule has 0 saturated carbocycles. The third-order valence-electron chi connectivity index (χ3n) is 7.39. The second-order valence-electron chi connectivity index (χ2n) is 10.1. The lowest BCUT2D eigenvalue weighted by Gasteiger charge is -2.32. The number of likely N-dealkylation sites (tertiary alicyclic amines) is 1. The second-order valence-corrected chi connectivity index (χ2v) is 10.1. The standard InChI is InChI=1S/C29H36N4O5/c1-31(2)29(35)24-18-28(34)33(25-17-22(36-3)5-6-23(24)25)13-12-32-10-8-21(9-11-32)30-19-20-4-7-26-27(16-20)38-15-14-37-26/h4-7,16-18,21,30H,8-15,19H2,1-3H3. The smallest absolute Gasteiger partial charge is 0.254 e. The van der Waals surface area contributed by atoms with Crippen LogP contribution in [0.15, 0.2) is 47.3 Å². The van der Waals surface area contributed by atoms with Crippen LogP contribution >= 0.6 is 0 Å². The van der Waals surface area contributed by atoms with E-state index in [1.165, 1.54) is 16.5 Å². The molecule has 2 aromatic carbocycles. The van der Waals surface area contributed by atoms with E-state index in [1.54, 1.807) is 25.8 Å². The van der Waals surface area contributed by atoms with Gasteiger partial charge in [-0.15, -0.1) is 0 Å². The first-order valence-electron chi connectivity index (χ1n) is 13.2. The Morgan fingerprint density at radius 1 is 1.03 bits per heavy atom. The van der Waals surface area contributed by atoms with Crippen molar-refractivity contribution in [2.75, 3.05) is 54.1 Å². The lowest BCUT2D eigenvalue weighted by Crippen LogP contribution is -2.43. The minimum absolute atomic E-state index is 0.174. The van der Waals surface area contributed by atoms with Gasteiger partial charge in [0.2, 0.25) is 0 Å². The molecule has 9 heteroatoms. The number of methoxy groups -OCH3 is 1. The number of fused-ring (bicyclic) bond motifs is 2. The normalized spacial score (nSPS) is 16.0. The van der Waals surface area contributed by atoms with Crippen LogP contribution in [0.2, 0.25) is 0 Å². The Hall–Kier alpha value is -3.56. The number of aromatic nitrogens is 1. The van der Waals surface area contributed by atoms with Crippen molar-refractivity contribution in [3.05, 3.63) is 63.9 Å². The molecule has 0 spiro atoms. The molecule has 1 fully saturated rings. The maximum Gasteiger partial charge on any atom is 0.254 e. The molecule has 9 nitrogen and oxygen atoms in total. The Balaban J connectivity index is 1.20. The van der Waals surface area contributed by atoms with Crippen molar-refractivity contribution in [3.8, 4) is 17.2 Å². The molecular weight excluding hydrogens is 484 g/mol. The molecule has 38 heavy (non-hydrogen) atoms. The molecule has 202 valence electrons. The summed E-state index contributed by atoms with van der Waals surface area (Å²) < 4.78 is 18.5. The van der Waals surface area contributed by atoms with Crippen molar-refractivity contribution in [2.45, 2.75) is 32.0 Å². The second kappa shape index (κ2) is 11.4. The minimum atomic E-state index is -0.185. The largest absolute Gasteiger partial charge is 0.497 e. The van der Waals surface area contributed by atoms with Gasteiger partial charge < -0.3 is 33.9 Å². The number of benzene rings is 2. The Morgan fingerprint density at radius 3 is 2.53 bits per heavy atom. The predicted molar refractivity (Wildman–Crippen MR) is 147 cm³/mol. The molecule has 1 N–H and O–H groups in total. The number of nitrogens with one attached hydrogen (secondary N) is 1. The fourth-order valence-electron chi connectivity index (χ4n) is 5.20. The quantitative estimate of drug-likeness (QED) is 0.489.